The smallest absolute Gasteiger partial charge is 0.267 e. The molecule has 1 radical (unpaired) electrons. The van der Waals surface area contributed by atoms with Crippen LogP contribution in [0.4, 0.5) is 0 Å². The van der Waals surface area contributed by atoms with Gasteiger partial charge in [-0.3, -0.25) is 4.18 Å². The lowest BCUT2D eigenvalue weighted by molar-refractivity contribution is -0.296. The summed E-state index contributed by atoms with van der Waals surface area (Å²) in [5.41, 5.74) is -1.22. The second-order valence-electron chi connectivity index (χ2n) is 8.08. The van der Waals surface area contributed by atoms with Crippen molar-refractivity contribution in [3.05, 3.63) is 0 Å². The van der Waals surface area contributed by atoms with Gasteiger partial charge in [0.2, 0.25) is 0 Å². The highest BCUT2D eigenvalue weighted by Gasteiger charge is 2.47. The third-order valence-corrected chi connectivity index (χ3v) is 5.94. The Kier molecular flexibility index (Phi) is 7.51. The fraction of sp³-hybridized carbons (Fsp3) is 1.00. The van der Waals surface area contributed by atoms with Crippen molar-refractivity contribution in [2.75, 3.05) is 5.75 Å². The van der Waals surface area contributed by atoms with Crippen LogP contribution in [-0.4, -0.2) is 36.4 Å². The molecule has 0 spiro atoms. The quantitative estimate of drug-likeness (QED) is 0.465. The molecular formula is C17H34NO4S. The summed E-state index contributed by atoms with van der Waals surface area (Å²) in [4.78, 5) is 0. The number of hydrogen-bond donors (Lipinski definition) is 0. The maximum absolute atomic E-state index is 12.3. The summed E-state index contributed by atoms with van der Waals surface area (Å²) in [6.07, 6.45) is 6.70. The van der Waals surface area contributed by atoms with Crippen molar-refractivity contribution in [3.8, 4) is 0 Å². The molecule has 0 N–H and O–H groups in total. The van der Waals surface area contributed by atoms with E-state index >= 15 is 0 Å². The Labute approximate surface area is 142 Å². The molecule has 0 aromatic carbocycles. The van der Waals surface area contributed by atoms with Gasteiger partial charge in [0, 0.05) is 11.1 Å². The van der Waals surface area contributed by atoms with E-state index in [0.717, 1.165) is 17.9 Å². The SMILES string of the molecule is CCCCCCCCS(=O)(=O)OC1CC(C)(C)N([O])C(C)(C)C1. The summed E-state index contributed by atoms with van der Waals surface area (Å²) >= 11 is 0. The van der Waals surface area contributed by atoms with E-state index in [1.807, 2.05) is 27.7 Å². The Balaban J connectivity index is 2.48. The van der Waals surface area contributed by atoms with E-state index in [1.165, 1.54) is 19.3 Å². The first kappa shape index (κ1) is 20.9. The van der Waals surface area contributed by atoms with Gasteiger partial charge in [-0.15, -0.1) is 10.3 Å². The summed E-state index contributed by atoms with van der Waals surface area (Å²) in [5, 5.41) is 13.4. The molecule has 137 valence electrons. The van der Waals surface area contributed by atoms with E-state index in [1.54, 1.807) is 0 Å². The number of hydrogen-bond acceptors (Lipinski definition) is 4. The largest absolute Gasteiger partial charge is 0.267 e. The Hall–Kier alpha value is -0.170. The van der Waals surface area contributed by atoms with Crippen LogP contribution in [0.5, 0.6) is 0 Å². The van der Waals surface area contributed by atoms with Gasteiger partial charge in [0.1, 0.15) is 0 Å². The van der Waals surface area contributed by atoms with Crippen LogP contribution in [0, 0.1) is 0 Å². The van der Waals surface area contributed by atoms with Crippen molar-refractivity contribution >= 4 is 10.1 Å². The van der Waals surface area contributed by atoms with Crippen LogP contribution in [0.2, 0.25) is 0 Å². The Morgan fingerprint density at radius 3 is 1.96 bits per heavy atom. The van der Waals surface area contributed by atoms with Crippen LogP contribution in [0.25, 0.3) is 0 Å². The molecule has 1 rings (SSSR count). The molecule has 0 aliphatic carbocycles. The Bertz CT molecular complexity index is 441. The predicted molar refractivity (Wildman–Crippen MR) is 92.0 cm³/mol. The normalized spacial score (nSPS) is 22.3. The molecule has 0 saturated carbocycles. The summed E-state index contributed by atoms with van der Waals surface area (Å²) in [6.45, 7) is 9.54. The Morgan fingerprint density at radius 1 is 0.957 bits per heavy atom. The average molecular weight is 349 g/mol. The lowest BCUT2D eigenvalue weighted by atomic mass is 9.80. The molecule has 0 unspecified atom stereocenters. The third kappa shape index (κ3) is 6.69. The standard InChI is InChI=1S/C17H34NO4S/c1-6-7-8-9-10-11-12-23(20,21)22-15-13-16(2,3)18(19)17(4,5)14-15/h15H,6-14H2,1-5H3. The molecule has 0 amide bonds. The van der Waals surface area contributed by atoms with Gasteiger partial charge in [0.25, 0.3) is 10.1 Å². The highest BCUT2D eigenvalue weighted by molar-refractivity contribution is 7.86. The minimum atomic E-state index is -3.51. The van der Waals surface area contributed by atoms with Gasteiger partial charge in [0.15, 0.2) is 0 Å². The minimum Gasteiger partial charge on any atom is -0.267 e. The average Bonchev–Trinajstić information content (AvgIpc) is 2.38. The molecule has 5 nitrogen and oxygen atoms in total. The minimum absolute atomic E-state index is 0.0809. The zero-order valence-corrected chi connectivity index (χ0v) is 16.2. The number of unbranched alkanes of at least 4 members (excludes halogenated alkanes) is 5. The van der Waals surface area contributed by atoms with E-state index in [9.17, 15) is 13.6 Å². The van der Waals surface area contributed by atoms with E-state index in [2.05, 4.69) is 6.92 Å². The molecule has 1 aliphatic heterocycles. The molecular weight excluding hydrogens is 314 g/mol. The van der Waals surface area contributed by atoms with Crippen LogP contribution in [-0.2, 0) is 19.5 Å². The monoisotopic (exact) mass is 348 g/mol. The molecule has 0 atom stereocenters. The first-order chi connectivity index (χ1) is 10.5. The van der Waals surface area contributed by atoms with Crippen LogP contribution in [0.15, 0.2) is 0 Å². The zero-order valence-electron chi connectivity index (χ0n) is 15.4. The molecule has 0 aromatic heterocycles. The molecule has 0 aromatic rings. The molecule has 6 heteroatoms. The van der Waals surface area contributed by atoms with Crippen LogP contribution in [0.3, 0.4) is 0 Å². The Morgan fingerprint density at radius 2 is 1.43 bits per heavy atom. The van der Waals surface area contributed by atoms with Gasteiger partial charge in [-0.05, 0) is 47.0 Å². The van der Waals surface area contributed by atoms with Crippen LogP contribution in [0.1, 0.15) is 86.0 Å². The van der Waals surface area contributed by atoms with Crippen molar-refractivity contribution in [2.45, 2.75) is 103 Å². The molecule has 1 aliphatic rings. The van der Waals surface area contributed by atoms with Crippen molar-refractivity contribution in [2.24, 2.45) is 0 Å². The highest BCUT2D eigenvalue weighted by atomic mass is 32.2. The van der Waals surface area contributed by atoms with Crippen LogP contribution >= 0.6 is 0 Å². The molecule has 0 bridgehead atoms. The maximum atomic E-state index is 12.3. The van der Waals surface area contributed by atoms with Crippen molar-refractivity contribution < 1.29 is 17.8 Å². The van der Waals surface area contributed by atoms with Gasteiger partial charge >= 0.3 is 0 Å². The van der Waals surface area contributed by atoms with Gasteiger partial charge < -0.3 is 0 Å². The van der Waals surface area contributed by atoms with Gasteiger partial charge in [-0.1, -0.05) is 39.0 Å². The third-order valence-electron chi connectivity index (χ3n) is 4.58. The van der Waals surface area contributed by atoms with E-state index in [0.29, 0.717) is 19.3 Å². The van der Waals surface area contributed by atoms with E-state index in [4.69, 9.17) is 4.18 Å². The lowest BCUT2D eigenvalue weighted by Gasteiger charge is -2.49. The summed E-state index contributed by atoms with van der Waals surface area (Å²) in [5.74, 6) is 0.0809. The predicted octanol–water partition coefficient (Wildman–Crippen LogP) is 4.06. The first-order valence-electron chi connectivity index (χ1n) is 8.88. The van der Waals surface area contributed by atoms with E-state index in [-0.39, 0.29) is 5.75 Å². The van der Waals surface area contributed by atoms with Crippen molar-refractivity contribution in [1.29, 1.82) is 0 Å². The fourth-order valence-electron chi connectivity index (χ4n) is 3.55. The zero-order chi connectivity index (χ0) is 17.7. The van der Waals surface area contributed by atoms with Crippen molar-refractivity contribution in [3.63, 3.8) is 0 Å². The first-order valence-corrected chi connectivity index (χ1v) is 10.5. The summed E-state index contributed by atoms with van der Waals surface area (Å²) in [7, 11) is -3.51. The van der Waals surface area contributed by atoms with Crippen molar-refractivity contribution in [1.82, 2.24) is 5.06 Å². The number of piperidine rings is 1. The number of rotatable bonds is 9. The van der Waals surface area contributed by atoms with Gasteiger partial charge in [-0.2, -0.15) is 8.42 Å². The lowest BCUT2D eigenvalue weighted by Crippen LogP contribution is -2.60. The second kappa shape index (κ2) is 8.28. The van der Waals surface area contributed by atoms with Crippen LogP contribution < -0.4 is 0 Å². The fourth-order valence-corrected chi connectivity index (χ4v) is 4.76. The number of hydroxylamine groups is 2. The molecule has 23 heavy (non-hydrogen) atoms. The van der Waals surface area contributed by atoms with Gasteiger partial charge in [-0.25, -0.2) is 0 Å². The molecule has 1 fully saturated rings. The molecule has 1 saturated heterocycles. The van der Waals surface area contributed by atoms with E-state index < -0.39 is 27.3 Å². The summed E-state index contributed by atoms with van der Waals surface area (Å²) in [6, 6.07) is 0. The van der Waals surface area contributed by atoms with Gasteiger partial charge in [0.05, 0.1) is 11.9 Å². The second-order valence-corrected chi connectivity index (χ2v) is 9.79. The summed E-state index contributed by atoms with van der Waals surface area (Å²) < 4.78 is 29.8. The maximum Gasteiger partial charge on any atom is 0.267 e. The highest BCUT2D eigenvalue weighted by Crippen LogP contribution is 2.38. The molecule has 1 heterocycles. The topological polar surface area (TPSA) is 66.5 Å². The number of nitrogens with zero attached hydrogens (tertiary/aromatic N) is 1.